The van der Waals surface area contributed by atoms with Crippen LogP contribution in [0.4, 0.5) is 11.4 Å². The molecule has 1 amide bonds. The molecule has 0 aliphatic carbocycles. The maximum atomic E-state index is 11.7. The predicted octanol–water partition coefficient (Wildman–Crippen LogP) is 1.21. The van der Waals surface area contributed by atoms with Gasteiger partial charge in [0.25, 0.3) is 0 Å². The molecule has 0 bridgehead atoms. The van der Waals surface area contributed by atoms with E-state index in [9.17, 15) is 4.79 Å². The van der Waals surface area contributed by atoms with Crippen LogP contribution in [0.2, 0.25) is 0 Å². The molecule has 1 aliphatic rings. The number of rotatable bonds is 1. The van der Waals surface area contributed by atoms with Crippen molar-refractivity contribution in [3.63, 3.8) is 0 Å². The summed E-state index contributed by atoms with van der Waals surface area (Å²) in [6.07, 6.45) is 0. The molecule has 4 nitrogen and oxygen atoms in total. The Morgan fingerprint density at radius 3 is 2.59 bits per heavy atom. The fraction of sp³-hybridized carbons (Fsp3) is 0.462. The van der Waals surface area contributed by atoms with Crippen molar-refractivity contribution in [1.29, 1.82) is 0 Å². The Kier molecular flexibility index (Phi) is 3.33. The van der Waals surface area contributed by atoms with E-state index in [-0.39, 0.29) is 11.9 Å². The highest BCUT2D eigenvalue weighted by molar-refractivity contribution is 5.95. The first-order chi connectivity index (χ1) is 8.13. The molecule has 0 unspecified atom stereocenters. The minimum Gasteiger partial charge on any atom is -0.369 e. The Morgan fingerprint density at radius 2 is 2.00 bits per heavy atom. The molecule has 4 heteroatoms. The zero-order valence-corrected chi connectivity index (χ0v) is 10.4. The number of nitrogens with two attached hydrogens (primary N) is 1. The summed E-state index contributed by atoms with van der Waals surface area (Å²) >= 11 is 0. The Bertz CT molecular complexity index is 419. The largest absolute Gasteiger partial charge is 0.369 e. The van der Waals surface area contributed by atoms with E-state index in [2.05, 4.69) is 11.8 Å². The maximum Gasteiger partial charge on any atom is 0.223 e. The molecular weight excluding hydrogens is 214 g/mol. The Morgan fingerprint density at radius 1 is 1.35 bits per heavy atom. The lowest BCUT2D eigenvalue weighted by Gasteiger charge is -2.24. The van der Waals surface area contributed by atoms with E-state index in [0.29, 0.717) is 6.54 Å². The predicted molar refractivity (Wildman–Crippen MR) is 70.3 cm³/mol. The van der Waals surface area contributed by atoms with Crippen molar-refractivity contribution < 1.29 is 4.79 Å². The molecule has 1 heterocycles. The van der Waals surface area contributed by atoms with Gasteiger partial charge in [-0.25, -0.2) is 0 Å². The van der Waals surface area contributed by atoms with Gasteiger partial charge in [-0.05, 0) is 19.1 Å². The second-order valence-corrected chi connectivity index (χ2v) is 4.42. The summed E-state index contributed by atoms with van der Waals surface area (Å²) in [5, 5.41) is 0. The summed E-state index contributed by atoms with van der Waals surface area (Å²) in [6, 6.07) is 7.98. The van der Waals surface area contributed by atoms with Crippen LogP contribution < -0.4 is 15.5 Å². The number of amides is 1. The van der Waals surface area contributed by atoms with Crippen LogP contribution in [-0.2, 0) is 4.79 Å². The summed E-state index contributed by atoms with van der Waals surface area (Å²) < 4.78 is 0. The molecule has 0 spiro atoms. The molecule has 0 saturated carbocycles. The minimum absolute atomic E-state index is 0.00810. The highest BCUT2D eigenvalue weighted by Crippen LogP contribution is 2.31. The van der Waals surface area contributed by atoms with Crippen LogP contribution >= 0.6 is 0 Å². The zero-order chi connectivity index (χ0) is 12.4. The van der Waals surface area contributed by atoms with Gasteiger partial charge in [0.15, 0.2) is 0 Å². The third-order valence-corrected chi connectivity index (χ3v) is 3.15. The second-order valence-electron chi connectivity index (χ2n) is 4.42. The van der Waals surface area contributed by atoms with Gasteiger partial charge >= 0.3 is 0 Å². The number of likely N-dealkylation sites (N-methyl/N-ethyl adjacent to an activating group) is 1. The van der Waals surface area contributed by atoms with E-state index in [1.165, 1.54) is 0 Å². The summed E-state index contributed by atoms with van der Waals surface area (Å²) in [6.45, 7) is 5.97. The maximum absolute atomic E-state index is 11.7. The number of nitrogens with zero attached hydrogens (tertiary/aromatic N) is 2. The molecule has 1 aromatic rings. The molecule has 0 saturated heterocycles. The molecule has 1 aliphatic heterocycles. The third kappa shape index (κ3) is 2.26. The molecular formula is C13H19N3O. The van der Waals surface area contributed by atoms with E-state index in [1.807, 2.05) is 24.3 Å². The van der Waals surface area contributed by atoms with E-state index in [1.54, 1.807) is 11.8 Å². The van der Waals surface area contributed by atoms with Crippen molar-refractivity contribution in [2.24, 2.45) is 5.73 Å². The average molecular weight is 233 g/mol. The molecule has 2 N–H and O–H groups in total. The fourth-order valence-electron chi connectivity index (χ4n) is 2.33. The summed E-state index contributed by atoms with van der Waals surface area (Å²) in [7, 11) is 0. The van der Waals surface area contributed by atoms with Crippen LogP contribution in [0.5, 0.6) is 0 Å². The molecule has 2 rings (SSSR count). The van der Waals surface area contributed by atoms with Crippen LogP contribution in [0.1, 0.15) is 13.8 Å². The van der Waals surface area contributed by atoms with Crippen LogP contribution in [0.3, 0.4) is 0 Å². The van der Waals surface area contributed by atoms with Crippen molar-refractivity contribution in [2.45, 2.75) is 19.9 Å². The number of para-hydroxylation sites is 2. The smallest absolute Gasteiger partial charge is 0.223 e. The Labute approximate surface area is 102 Å². The summed E-state index contributed by atoms with van der Waals surface area (Å²) in [4.78, 5) is 15.7. The van der Waals surface area contributed by atoms with Gasteiger partial charge in [-0.3, -0.25) is 4.79 Å². The monoisotopic (exact) mass is 233 g/mol. The molecule has 0 fully saturated rings. The van der Waals surface area contributed by atoms with Crippen LogP contribution in [-0.4, -0.2) is 31.6 Å². The van der Waals surface area contributed by atoms with Crippen molar-refractivity contribution in [3.8, 4) is 0 Å². The van der Waals surface area contributed by atoms with Gasteiger partial charge in [-0.1, -0.05) is 12.1 Å². The van der Waals surface area contributed by atoms with Gasteiger partial charge in [-0.2, -0.15) is 0 Å². The number of benzene rings is 1. The van der Waals surface area contributed by atoms with Crippen molar-refractivity contribution in [3.05, 3.63) is 24.3 Å². The number of fused-ring (bicyclic) bond motifs is 1. The highest BCUT2D eigenvalue weighted by atomic mass is 16.2. The second kappa shape index (κ2) is 4.75. The summed E-state index contributed by atoms with van der Waals surface area (Å²) in [5.74, 6) is 0.0471. The van der Waals surface area contributed by atoms with E-state index in [0.717, 1.165) is 24.5 Å². The molecule has 1 atom stereocenters. The van der Waals surface area contributed by atoms with Crippen LogP contribution in [0.25, 0.3) is 0 Å². The van der Waals surface area contributed by atoms with Crippen LogP contribution in [0.15, 0.2) is 24.3 Å². The fourth-order valence-corrected chi connectivity index (χ4v) is 2.33. The average Bonchev–Trinajstić information content (AvgIpc) is 2.46. The molecule has 92 valence electrons. The number of carbonyl (C=O) groups is 1. The van der Waals surface area contributed by atoms with Gasteiger partial charge in [0.1, 0.15) is 0 Å². The topological polar surface area (TPSA) is 49.6 Å². The van der Waals surface area contributed by atoms with Crippen molar-refractivity contribution >= 4 is 17.3 Å². The first kappa shape index (κ1) is 11.9. The standard InChI is InChI=1S/C13H19N3O/c1-3-15-8-11(14)9-16(10(2)17)13-7-5-4-6-12(13)15/h4-7,11H,3,8-9,14H2,1-2H3/t11-/m0/s1. The van der Waals surface area contributed by atoms with Gasteiger partial charge in [0.05, 0.1) is 11.4 Å². The van der Waals surface area contributed by atoms with Crippen LogP contribution in [0, 0.1) is 0 Å². The Hall–Kier alpha value is -1.55. The van der Waals surface area contributed by atoms with E-state index >= 15 is 0 Å². The normalized spacial score (nSPS) is 19.8. The van der Waals surface area contributed by atoms with Gasteiger partial charge in [-0.15, -0.1) is 0 Å². The lowest BCUT2D eigenvalue weighted by atomic mass is 10.2. The van der Waals surface area contributed by atoms with Gasteiger partial charge in [0, 0.05) is 32.6 Å². The molecule has 0 aromatic heterocycles. The van der Waals surface area contributed by atoms with E-state index in [4.69, 9.17) is 5.73 Å². The van der Waals surface area contributed by atoms with Gasteiger partial charge in [0.2, 0.25) is 5.91 Å². The first-order valence-corrected chi connectivity index (χ1v) is 6.01. The van der Waals surface area contributed by atoms with Gasteiger partial charge < -0.3 is 15.5 Å². The minimum atomic E-state index is -0.00810. The van der Waals surface area contributed by atoms with E-state index < -0.39 is 0 Å². The third-order valence-electron chi connectivity index (χ3n) is 3.15. The zero-order valence-electron chi connectivity index (χ0n) is 10.4. The van der Waals surface area contributed by atoms with Crippen molar-refractivity contribution in [1.82, 2.24) is 0 Å². The number of carbonyl (C=O) groups excluding carboxylic acids is 1. The molecule has 0 radical (unpaired) electrons. The number of hydrogen-bond acceptors (Lipinski definition) is 3. The highest BCUT2D eigenvalue weighted by Gasteiger charge is 2.25. The van der Waals surface area contributed by atoms with Crippen molar-refractivity contribution in [2.75, 3.05) is 29.4 Å². The number of hydrogen-bond donors (Lipinski definition) is 1. The first-order valence-electron chi connectivity index (χ1n) is 6.01. The molecule has 17 heavy (non-hydrogen) atoms. The molecule has 1 aromatic carbocycles. The quantitative estimate of drug-likeness (QED) is 0.793. The summed E-state index contributed by atoms with van der Waals surface area (Å²) in [5.41, 5.74) is 8.14. The lowest BCUT2D eigenvalue weighted by molar-refractivity contribution is -0.116. The Balaban J connectivity index is 2.48. The lowest BCUT2D eigenvalue weighted by Crippen LogP contribution is -2.43. The number of anilines is 2. The SMILES string of the molecule is CCN1C[C@H](N)CN(C(C)=O)c2ccccc21.